The molecule has 0 amide bonds. The van der Waals surface area contributed by atoms with Gasteiger partial charge in [-0.15, -0.1) is 0 Å². The molecule has 5 rings (SSSR count). The minimum absolute atomic E-state index is 0.0855. The van der Waals surface area contributed by atoms with Crippen LogP contribution in [0.15, 0.2) is 11.0 Å². The summed E-state index contributed by atoms with van der Waals surface area (Å²) in [5.41, 5.74) is -0.636. The predicted molar refractivity (Wildman–Crippen MR) is 101 cm³/mol. The van der Waals surface area contributed by atoms with E-state index >= 15 is 0 Å². The number of rotatable bonds is 7. The van der Waals surface area contributed by atoms with Crippen molar-refractivity contribution in [1.29, 1.82) is 0 Å². The molecule has 1 heterocycles. The number of hydrogen-bond acceptors (Lipinski definition) is 5. The molecule has 8 heteroatoms. The summed E-state index contributed by atoms with van der Waals surface area (Å²) in [5, 5.41) is 17.6. The molecular formula is C19H26ClN3O4. The number of ether oxygens (including phenoxy) is 1. The number of anilines is 1. The molecule has 27 heavy (non-hydrogen) atoms. The maximum Gasteiger partial charge on any atom is 0.309 e. The van der Waals surface area contributed by atoms with Crippen LogP contribution in [-0.4, -0.2) is 41.1 Å². The van der Waals surface area contributed by atoms with Crippen LogP contribution in [-0.2, 0) is 15.1 Å². The number of aromatic nitrogens is 2. The van der Waals surface area contributed by atoms with Gasteiger partial charge in [0, 0.05) is 20.3 Å². The summed E-state index contributed by atoms with van der Waals surface area (Å²) in [6.45, 7) is 1.23. The average molecular weight is 396 g/mol. The first-order valence-corrected chi connectivity index (χ1v) is 10.1. The molecule has 1 aromatic rings. The first-order chi connectivity index (χ1) is 13.0. The van der Waals surface area contributed by atoms with Gasteiger partial charge in [-0.2, -0.15) is 5.10 Å². The molecule has 4 saturated carbocycles. The Morgan fingerprint density at radius 3 is 2.74 bits per heavy atom. The van der Waals surface area contributed by atoms with Crippen LogP contribution in [0.2, 0.25) is 5.02 Å². The molecule has 0 aromatic carbocycles. The molecule has 4 fully saturated rings. The quantitative estimate of drug-likeness (QED) is 0.689. The van der Waals surface area contributed by atoms with E-state index in [1.807, 2.05) is 0 Å². The van der Waals surface area contributed by atoms with Gasteiger partial charge in [0.2, 0.25) is 0 Å². The summed E-state index contributed by atoms with van der Waals surface area (Å²) in [4.78, 5) is 25.2. The first kappa shape index (κ1) is 18.7. The molecule has 3 unspecified atom stereocenters. The zero-order valence-corrected chi connectivity index (χ0v) is 16.2. The second-order valence-electron chi connectivity index (χ2n) is 8.39. The van der Waals surface area contributed by atoms with Crippen LogP contribution in [0.3, 0.4) is 0 Å². The zero-order chi connectivity index (χ0) is 19.2. The van der Waals surface area contributed by atoms with Crippen molar-refractivity contribution in [3.05, 3.63) is 21.6 Å². The molecule has 2 N–H and O–H groups in total. The zero-order valence-electron chi connectivity index (χ0n) is 15.5. The van der Waals surface area contributed by atoms with Gasteiger partial charge in [-0.1, -0.05) is 11.6 Å². The highest BCUT2D eigenvalue weighted by Gasteiger charge is 2.61. The average Bonchev–Trinajstić information content (AvgIpc) is 2.60. The molecule has 0 aliphatic heterocycles. The van der Waals surface area contributed by atoms with Gasteiger partial charge in [0.05, 0.1) is 23.3 Å². The van der Waals surface area contributed by atoms with Gasteiger partial charge in [0.15, 0.2) is 0 Å². The molecule has 4 bridgehead atoms. The van der Waals surface area contributed by atoms with Gasteiger partial charge in [-0.3, -0.25) is 9.59 Å². The van der Waals surface area contributed by atoms with Crippen LogP contribution in [0.25, 0.3) is 0 Å². The van der Waals surface area contributed by atoms with Crippen LogP contribution >= 0.6 is 11.6 Å². The fraction of sp³-hybridized carbons (Fsp3) is 0.737. The minimum atomic E-state index is -0.814. The van der Waals surface area contributed by atoms with Crippen molar-refractivity contribution < 1.29 is 14.6 Å². The van der Waals surface area contributed by atoms with Crippen LogP contribution in [0.4, 0.5) is 5.69 Å². The van der Waals surface area contributed by atoms with E-state index in [9.17, 15) is 14.7 Å². The summed E-state index contributed by atoms with van der Waals surface area (Å²) in [7, 11) is 1.64. The number of halogens is 1. The highest BCUT2D eigenvalue weighted by molar-refractivity contribution is 6.32. The molecule has 4 aliphatic carbocycles. The highest BCUT2D eigenvalue weighted by atomic mass is 35.5. The Morgan fingerprint density at radius 1 is 1.41 bits per heavy atom. The Bertz CT molecular complexity index is 782. The Morgan fingerprint density at radius 2 is 2.11 bits per heavy atom. The first-order valence-electron chi connectivity index (χ1n) is 9.70. The van der Waals surface area contributed by atoms with Gasteiger partial charge in [0.25, 0.3) is 5.56 Å². The second kappa shape index (κ2) is 7.09. The van der Waals surface area contributed by atoms with E-state index in [1.54, 1.807) is 13.3 Å². The molecule has 0 saturated heterocycles. The second-order valence-corrected chi connectivity index (χ2v) is 8.77. The van der Waals surface area contributed by atoms with Crippen molar-refractivity contribution in [2.24, 2.45) is 23.7 Å². The van der Waals surface area contributed by atoms with Crippen LogP contribution in [0.5, 0.6) is 0 Å². The van der Waals surface area contributed by atoms with E-state index in [4.69, 9.17) is 16.3 Å². The lowest BCUT2D eigenvalue weighted by atomic mass is 9.48. The fourth-order valence-electron chi connectivity index (χ4n) is 6.05. The van der Waals surface area contributed by atoms with Crippen molar-refractivity contribution >= 4 is 23.3 Å². The lowest BCUT2D eigenvalue weighted by Crippen LogP contribution is -2.63. The SMILES string of the molecule is COCCCNc1cnn(C23CC4CC(CC(C4)C2C(=O)O)C3)c(=O)c1Cl. The lowest BCUT2D eigenvalue weighted by Gasteiger charge is -2.59. The number of hydrogen-bond donors (Lipinski definition) is 2. The third kappa shape index (κ3) is 3.05. The number of carboxylic acids is 1. The largest absolute Gasteiger partial charge is 0.481 e. The van der Waals surface area contributed by atoms with Gasteiger partial charge < -0.3 is 15.2 Å². The molecule has 4 aliphatic rings. The maximum atomic E-state index is 13.1. The molecule has 3 atom stereocenters. The van der Waals surface area contributed by atoms with Gasteiger partial charge in [-0.25, -0.2) is 4.68 Å². The van der Waals surface area contributed by atoms with Gasteiger partial charge in [-0.05, 0) is 56.3 Å². The topological polar surface area (TPSA) is 93.4 Å². The van der Waals surface area contributed by atoms with E-state index in [1.165, 1.54) is 4.68 Å². The third-order valence-corrected chi connectivity index (χ3v) is 7.09. The summed E-state index contributed by atoms with van der Waals surface area (Å²) < 4.78 is 6.43. The van der Waals surface area contributed by atoms with E-state index < -0.39 is 17.4 Å². The molecule has 0 spiro atoms. The highest BCUT2D eigenvalue weighted by Crippen LogP contribution is 2.61. The molecule has 148 valence electrons. The summed E-state index contributed by atoms with van der Waals surface area (Å²) >= 11 is 6.36. The minimum Gasteiger partial charge on any atom is -0.481 e. The number of carbonyl (C=O) groups is 1. The van der Waals surface area contributed by atoms with Crippen LogP contribution in [0.1, 0.15) is 38.5 Å². The van der Waals surface area contributed by atoms with Crippen LogP contribution < -0.4 is 10.9 Å². The monoisotopic (exact) mass is 395 g/mol. The number of carboxylic acid groups (broad SMARTS) is 1. The number of nitrogens with zero attached hydrogens (tertiary/aromatic N) is 2. The molecular weight excluding hydrogens is 370 g/mol. The third-order valence-electron chi connectivity index (χ3n) is 6.72. The van der Waals surface area contributed by atoms with E-state index in [-0.39, 0.29) is 16.5 Å². The fourth-order valence-corrected chi connectivity index (χ4v) is 6.24. The standard InChI is InChI=1S/C19H26ClN3O4/c1-27-4-2-3-21-14-10-22-23(17(24)16(14)20)19-8-11-5-12(9-19)7-13(6-11)15(19)18(25)26/h10-13,15,21H,2-9H2,1H3,(H,25,26). The molecule has 0 radical (unpaired) electrons. The van der Waals surface area contributed by atoms with Crippen molar-refractivity contribution in [3.8, 4) is 0 Å². The summed E-state index contributed by atoms with van der Waals surface area (Å²) in [5.74, 6) is -0.277. The van der Waals surface area contributed by atoms with E-state index in [0.717, 1.165) is 25.7 Å². The number of nitrogens with one attached hydrogen (secondary N) is 1. The normalized spacial score (nSPS) is 34.0. The molecule has 1 aromatic heterocycles. The van der Waals surface area contributed by atoms with Crippen molar-refractivity contribution in [2.45, 2.75) is 44.1 Å². The van der Waals surface area contributed by atoms with Crippen molar-refractivity contribution in [3.63, 3.8) is 0 Å². The van der Waals surface area contributed by atoms with E-state index in [2.05, 4.69) is 10.4 Å². The van der Waals surface area contributed by atoms with Crippen molar-refractivity contribution in [1.82, 2.24) is 9.78 Å². The Labute approximate surface area is 163 Å². The number of methoxy groups -OCH3 is 1. The smallest absolute Gasteiger partial charge is 0.309 e. The Hall–Kier alpha value is -1.60. The summed E-state index contributed by atoms with van der Waals surface area (Å²) in [6, 6.07) is 0. The van der Waals surface area contributed by atoms with Crippen LogP contribution in [0, 0.1) is 23.7 Å². The lowest BCUT2D eigenvalue weighted by molar-refractivity contribution is -0.168. The van der Waals surface area contributed by atoms with E-state index in [0.29, 0.717) is 43.5 Å². The summed E-state index contributed by atoms with van der Waals surface area (Å²) in [6.07, 6.45) is 6.82. The van der Waals surface area contributed by atoms with Gasteiger partial charge >= 0.3 is 5.97 Å². The Kier molecular flexibility index (Phi) is 4.93. The number of aliphatic carboxylic acids is 1. The van der Waals surface area contributed by atoms with Crippen molar-refractivity contribution in [2.75, 3.05) is 25.6 Å². The maximum absolute atomic E-state index is 13.1. The molecule has 7 nitrogen and oxygen atoms in total. The Balaban J connectivity index is 1.68. The van der Waals surface area contributed by atoms with Gasteiger partial charge in [0.1, 0.15) is 5.02 Å². The predicted octanol–water partition coefficient (Wildman–Crippen LogP) is 2.58.